The molecule has 0 bridgehead atoms. The first kappa shape index (κ1) is 12.7. The van der Waals surface area contributed by atoms with Gasteiger partial charge in [0.1, 0.15) is 0 Å². The van der Waals surface area contributed by atoms with E-state index in [1.165, 1.54) is 0 Å². The molecule has 90 valence electrons. The quantitative estimate of drug-likeness (QED) is 0.631. The number of hydrogen-bond donors (Lipinski definition) is 3. The molecule has 5 heteroatoms. The van der Waals surface area contributed by atoms with Crippen LogP contribution < -0.4 is 5.32 Å². The number of H-pyrrole nitrogens is 1. The Morgan fingerprint density at radius 1 is 1.69 bits per heavy atom. The van der Waals surface area contributed by atoms with Crippen LogP contribution in [0.5, 0.6) is 0 Å². The average Bonchev–Trinajstić information content (AvgIpc) is 2.76. The first-order valence-electron chi connectivity index (χ1n) is 5.62. The molecule has 1 rings (SSSR count). The van der Waals surface area contributed by atoms with Gasteiger partial charge in [-0.25, -0.2) is 0 Å². The minimum atomic E-state index is -0.0133. The molecule has 0 spiro atoms. The first-order valence-corrected chi connectivity index (χ1v) is 5.62. The Hall–Kier alpha value is -1.36. The van der Waals surface area contributed by atoms with Crippen molar-refractivity contribution in [3.8, 4) is 0 Å². The lowest BCUT2D eigenvalue weighted by Gasteiger charge is -2.13. The maximum absolute atomic E-state index is 11.5. The van der Waals surface area contributed by atoms with Gasteiger partial charge in [-0.1, -0.05) is 13.3 Å². The molecule has 0 saturated heterocycles. The van der Waals surface area contributed by atoms with E-state index in [9.17, 15) is 4.79 Å². The van der Waals surface area contributed by atoms with Gasteiger partial charge >= 0.3 is 0 Å². The van der Waals surface area contributed by atoms with Gasteiger partial charge in [-0.15, -0.1) is 0 Å². The highest BCUT2D eigenvalue weighted by Gasteiger charge is 2.08. The van der Waals surface area contributed by atoms with E-state index in [0.29, 0.717) is 18.9 Å². The fourth-order valence-corrected chi connectivity index (χ4v) is 1.51. The van der Waals surface area contributed by atoms with E-state index >= 15 is 0 Å². The van der Waals surface area contributed by atoms with Gasteiger partial charge in [-0.3, -0.25) is 9.89 Å². The van der Waals surface area contributed by atoms with Crippen molar-refractivity contribution in [2.75, 3.05) is 13.2 Å². The Morgan fingerprint density at radius 2 is 2.50 bits per heavy atom. The lowest BCUT2D eigenvalue weighted by Crippen LogP contribution is -2.30. The highest BCUT2D eigenvalue weighted by atomic mass is 16.3. The molecular formula is C11H19N3O2. The van der Waals surface area contributed by atoms with Crippen LogP contribution in [0.4, 0.5) is 0 Å². The van der Waals surface area contributed by atoms with E-state index in [4.69, 9.17) is 5.11 Å². The van der Waals surface area contributed by atoms with E-state index in [-0.39, 0.29) is 12.5 Å². The molecule has 0 aliphatic rings. The second-order valence-corrected chi connectivity index (χ2v) is 3.85. The molecular weight excluding hydrogens is 206 g/mol. The number of nitrogens with one attached hydrogen (secondary N) is 2. The molecule has 0 radical (unpaired) electrons. The van der Waals surface area contributed by atoms with Gasteiger partial charge < -0.3 is 10.4 Å². The largest absolute Gasteiger partial charge is 0.396 e. The summed E-state index contributed by atoms with van der Waals surface area (Å²) in [6, 6.07) is 1.78. The monoisotopic (exact) mass is 225 g/mol. The standard InChI is InChI=1S/C11H19N3O2/c1-2-9(4-6-15)8-12-11(16)7-10-3-5-13-14-10/h3,5,9,15H,2,4,6-8H2,1H3,(H,12,16)(H,13,14). The summed E-state index contributed by atoms with van der Waals surface area (Å²) in [6.07, 6.45) is 3.66. The fourth-order valence-electron chi connectivity index (χ4n) is 1.51. The molecule has 0 aliphatic heterocycles. The molecule has 0 aromatic carbocycles. The highest BCUT2D eigenvalue weighted by molar-refractivity contribution is 5.77. The number of hydrogen-bond acceptors (Lipinski definition) is 3. The fraction of sp³-hybridized carbons (Fsp3) is 0.636. The SMILES string of the molecule is CCC(CCO)CNC(=O)Cc1ccn[nH]1. The maximum atomic E-state index is 11.5. The third-order valence-electron chi connectivity index (χ3n) is 2.61. The van der Waals surface area contributed by atoms with Crippen LogP contribution in [0.25, 0.3) is 0 Å². The predicted molar refractivity (Wildman–Crippen MR) is 60.8 cm³/mol. The van der Waals surface area contributed by atoms with E-state index in [0.717, 1.165) is 18.5 Å². The minimum Gasteiger partial charge on any atom is -0.396 e. The molecule has 5 nitrogen and oxygen atoms in total. The maximum Gasteiger partial charge on any atom is 0.226 e. The Morgan fingerprint density at radius 3 is 3.06 bits per heavy atom. The predicted octanol–water partition coefficient (Wildman–Crippen LogP) is 0.477. The molecule has 1 atom stereocenters. The Bertz CT molecular complexity index is 298. The normalized spacial score (nSPS) is 12.4. The van der Waals surface area contributed by atoms with E-state index in [2.05, 4.69) is 22.4 Å². The van der Waals surface area contributed by atoms with E-state index in [1.54, 1.807) is 12.3 Å². The van der Waals surface area contributed by atoms with Crippen LogP contribution in [0.3, 0.4) is 0 Å². The molecule has 1 heterocycles. The number of carbonyl (C=O) groups excluding carboxylic acids is 1. The number of nitrogens with zero attached hydrogens (tertiary/aromatic N) is 1. The van der Waals surface area contributed by atoms with Crippen molar-refractivity contribution in [1.82, 2.24) is 15.5 Å². The van der Waals surface area contributed by atoms with Gasteiger partial charge in [0.2, 0.25) is 5.91 Å². The number of aromatic amines is 1. The minimum absolute atomic E-state index is 0.0133. The van der Waals surface area contributed by atoms with Gasteiger partial charge in [0, 0.05) is 25.0 Å². The average molecular weight is 225 g/mol. The van der Waals surface area contributed by atoms with Crippen molar-refractivity contribution in [2.45, 2.75) is 26.2 Å². The summed E-state index contributed by atoms with van der Waals surface area (Å²) >= 11 is 0. The van der Waals surface area contributed by atoms with E-state index < -0.39 is 0 Å². The van der Waals surface area contributed by atoms with Crippen molar-refractivity contribution in [2.24, 2.45) is 5.92 Å². The second-order valence-electron chi connectivity index (χ2n) is 3.85. The van der Waals surface area contributed by atoms with Gasteiger partial charge in [0.15, 0.2) is 0 Å². The molecule has 0 fully saturated rings. The Kier molecular flexibility index (Phi) is 5.56. The van der Waals surface area contributed by atoms with Crippen LogP contribution in [0.15, 0.2) is 12.3 Å². The Labute approximate surface area is 95.3 Å². The van der Waals surface area contributed by atoms with Gasteiger partial charge in [0.05, 0.1) is 6.42 Å². The number of aromatic nitrogens is 2. The molecule has 1 unspecified atom stereocenters. The van der Waals surface area contributed by atoms with Crippen LogP contribution in [-0.2, 0) is 11.2 Å². The Balaban J connectivity index is 2.24. The van der Waals surface area contributed by atoms with Crippen molar-refractivity contribution < 1.29 is 9.90 Å². The smallest absolute Gasteiger partial charge is 0.226 e. The van der Waals surface area contributed by atoms with Crippen molar-refractivity contribution in [1.29, 1.82) is 0 Å². The van der Waals surface area contributed by atoms with Crippen LogP contribution in [0.2, 0.25) is 0 Å². The summed E-state index contributed by atoms with van der Waals surface area (Å²) in [4.78, 5) is 11.5. The second kappa shape index (κ2) is 7.00. The summed E-state index contributed by atoms with van der Waals surface area (Å²) in [5, 5.41) is 18.2. The van der Waals surface area contributed by atoms with Crippen LogP contribution in [-0.4, -0.2) is 34.4 Å². The van der Waals surface area contributed by atoms with Gasteiger partial charge in [-0.2, -0.15) is 5.10 Å². The molecule has 1 aromatic rings. The number of amides is 1. The van der Waals surface area contributed by atoms with Crippen LogP contribution >= 0.6 is 0 Å². The number of aliphatic hydroxyl groups is 1. The van der Waals surface area contributed by atoms with Gasteiger partial charge in [0.25, 0.3) is 0 Å². The molecule has 16 heavy (non-hydrogen) atoms. The van der Waals surface area contributed by atoms with Crippen molar-refractivity contribution in [3.05, 3.63) is 18.0 Å². The topological polar surface area (TPSA) is 78.0 Å². The summed E-state index contributed by atoms with van der Waals surface area (Å²) in [5.41, 5.74) is 0.813. The summed E-state index contributed by atoms with van der Waals surface area (Å²) < 4.78 is 0. The zero-order valence-electron chi connectivity index (χ0n) is 9.57. The summed E-state index contributed by atoms with van der Waals surface area (Å²) in [6.45, 7) is 2.86. The van der Waals surface area contributed by atoms with Crippen molar-refractivity contribution in [3.63, 3.8) is 0 Å². The first-order chi connectivity index (χ1) is 7.76. The van der Waals surface area contributed by atoms with E-state index in [1.807, 2.05) is 0 Å². The lowest BCUT2D eigenvalue weighted by atomic mass is 10.0. The molecule has 0 aliphatic carbocycles. The summed E-state index contributed by atoms with van der Waals surface area (Å²) in [7, 11) is 0. The molecule has 1 aromatic heterocycles. The molecule has 3 N–H and O–H groups in total. The summed E-state index contributed by atoms with van der Waals surface area (Å²) in [5.74, 6) is 0.344. The third kappa shape index (κ3) is 4.44. The van der Waals surface area contributed by atoms with Crippen molar-refractivity contribution >= 4 is 5.91 Å². The zero-order valence-corrected chi connectivity index (χ0v) is 9.57. The number of rotatable bonds is 7. The lowest BCUT2D eigenvalue weighted by molar-refractivity contribution is -0.120. The van der Waals surface area contributed by atoms with Gasteiger partial charge in [-0.05, 0) is 18.4 Å². The molecule has 0 saturated carbocycles. The highest BCUT2D eigenvalue weighted by Crippen LogP contribution is 2.05. The third-order valence-corrected chi connectivity index (χ3v) is 2.61. The number of carbonyl (C=O) groups is 1. The van der Waals surface area contributed by atoms with Crippen LogP contribution in [0, 0.1) is 5.92 Å². The van der Waals surface area contributed by atoms with Crippen LogP contribution in [0.1, 0.15) is 25.5 Å². The molecule has 1 amide bonds. The zero-order chi connectivity index (χ0) is 11.8. The number of aliphatic hydroxyl groups excluding tert-OH is 1.